The highest BCUT2D eigenvalue weighted by molar-refractivity contribution is 8.03. The number of β-lactam (4-membered cyclic amide) rings is 1. The number of imidazole rings is 1. The van der Waals surface area contributed by atoms with Gasteiger partial charge < -0.3 is 26.2 Å². The number of carbonyl (C=O) groups excluding carboxylic acids is 2. The quantitative estimate of drug-likeness (QED) is 0.298. The van der Waals surface area contributed by atoms with E-state index in [9.17, 15) is 24.6 Å². The molecule has 2 saturated heterocycles. The van der Waals surface area contributed by atoms with Crippen LogP contribution in [-0.4, -0.2) is 67.4 Å². The molecule has 0 saturated carbocycles. The van der Waals surface area contributed by atoms with E-state index in [0.717, 1.165) is 24.3 Å². The van der Waals surface area contributed by atoms with E-state index in [4.69, 9.17) is 5.73 Å². The van der Waals surface area contributed by atoms with Crippen LogP contribution in [0.4, 0.5) is 0 Å². The van der Waals surface area contributed by atoms with Gasteiger partial charge in [0.1, 0.15) is 18.1 Å². The molecule has 3 aliphatic heterocycles. The van der Waals surface area contributed by atoms with E-state index in [1.807, 2.05) is 17.7 Å². The number of aliphatic hydroxyl groups excluding tert-OH is 1. The molecular formula is C21H30N5O5S+. The van der Waals surface area contributed by atoms with Crippen molar-refractivity contribution in [1.82, 2.24) is 14.8 Å². The number of fused-ring (bicyclic) bond motifs is 1. The largest absolute Gasteiger partial charge is 0.477 e. The Morgan fingerprint density at radius 3 is 2.78 bits per heavy atom. The van der Waals surface area contributed by atoms with Crippen molar-refractivity contribution >= 4 is 29.5 Å². The van der Waals surface area contributed by atoms with Crippen molar-refractivity contribution in [2.75, 3.05) is 6.54 Å². The average molecular weight is 465 g/mol. The Kier molecular flexibility index (Phi) is 6.08. The zero-order chi connectivity index (χ0) is 23.3. The molecule has 5 N–H and O–H groups in total. The van der Waals surface area contributed by atoms with Gasteiger partial charge in [-0.15, -0.1) is 11.8 Å². The van der Waals surface area contributed by atoms with E-state index in [0.29, 0.717) is 12.4 Å². The van der Waals surface area contributed by atoms with E-state index in [1.54, 1.807) is 24.7 Å². The molecule has 3 aliphatic rings. The van der Waals surface area contributed by atoms with Gasteiger partial charge in [0.05, 0.1) is 31.7 Å². The van der Waals surface area contributed by atoms with Crippen molar-refractivity contribution in [3.63, 3.8) is 0 Å². The molecule has 6 atom stereocenters. The summed E-state index contributed by atoms with van der Waals surface area (Å²) in [4.78, 5) is 38.2. The standard InChI is InChI=1S/C21H29N5O5S/c1-10-15-14(11(2)27)20(29)26(15)16(21(30)31)17(10)32-13-8-12(23-9-13)4-5-25-7-6-24(3)19(25)18(22)28/h6-7,10-15,23,27H,4-5,8-9H2,1-3H3,(H2-,22,28,30,31)/p+1/t10-,11-,12-,13+,14-,15-/m1/s1. The molecule has 174 valence electrons. The van der Waals surface area contributed by atoms with Gasteiger partial charge in [-0.1, -0.05) is 6.92 Å². The summed E-state index contributed by atoms with van der Waals surface area (Å²) in [5.41, 5.74) is 5.55. The molecule has 0 spiro atoms. The normalized spacial score (nSPS) is 30.4. The molecule has 4 rings (SSSR count). The van der Waals surface area contributed by atoms with Crippen LogP contribution in [0.2, 0.25) is 0 Å². The zero-order valence-electron chi connectivity index (χ0n) is 18.4. The summed E-state index contributed by atoms with van der Waals surface area (Å²) in [6, 6.07) is -0.0571. The summed E-state index contributed by atoms with van der Waals surface area (Å²) in [5.74, 6) is -2.09. The first-order valence-electron chi connectivity index (χ1n) is 10.8. The van der Waals surface area contributed by atoms with Crippen LogP contribution in [0.1, 0.15) is 37.3 Å². The maximum absolute atomic E-state index is 12.5. The van der Waals surface area contributed by atoms with Crippen LogP contribution in [0.15, 0.2) is 23.0 Å². The third kappa shape index (κ3) is 3.71. The van der Waals surface area contributed by atoms with E-state index in [-0.39, 0.29) is 34.9 Å². The van der Waals surface area contributed by atoms with Crippen LogP contribution >= 0.6 is 11.8 Å². The lowest BCUT2D eigenvalue weighted by molar-refractivity contribution is -0.673. The molecule has 1 aromatic heterocycles. The molecular weight excluding hydrogens is 434 g/mol. The zero-order valence-corrected chi connectivity index (χ0v) is 19.2. The smallest absolute Gasteiger partial charge is 0.353 e. The summed E-state index contributed by atoms with van der Waals surface area (Å²) in [7, 11) is 1.78. The molecule has 32 heavy (non-hydrogen) atoms. The van der Waals surface area contributed by atoms with Crippen LogP contribution in [0, 0.1) is 11.8 Å². The van der Waals surface area contributed by atoms with Crippen LogP contribution < -0.4 is 15.6 Å². The van der Waals surface area contributed by atoms with E-state index < -0.39 is 23.9 Å². The van der Waals surface area contributed by atoms with Crippen LogP contribution in [0.3, 0.4) is 0 Å². The van der Waals surface area contributed by atoms with Crippen LogP contribution in [-0.2, 0) is 23.2 Å². The molecule has 10 nitrogen and oxygen atoms in total. The van der Waals surface area contributed by atoms with Gasteiger partial charge in [-0.05, 0) is 13.3 Å². The first-order valence-corrected chi connectivity index (χ1v) is 11.7. The molecule has 0 aliphatic carbocycles. The fourth-order valence-corrected chi connectivity index (χ4v) is 6.78. The summed E-state index contributed by atoms with van der Waals surface area (Å²) in [6.45, 7) is 4.90. The maximum Gasteiger partial charge on any atom is 0.353 e. The predicted molar refractivity (Wildman–Crippen MR) is 116 cm³/mol. The van der Waals surface area contributed by atoms with Crippen molar-refractivity contribution in [2.45, 2.75) is 56.7 Å². The number of carboxylic acids is 1. The Hall–Kier alpha value is -2.37. The minimum absolute atomic E-state index is 0.0730. The summed E-state index contributed by atoms with van der Waals surface area (Å²) >= 11 is 1.54. The van der Waals surface area contributed by atoms with Crippen molar-refractivity contribution in [2.24, 2.45) is 24.6 Å². The highest BCUT2D eigenvalue weighted by Gasteiger charge is 2.60. The highest BCUT2D eigenvalue weighted by atomic mass is 32.2. The highest BCUT2D eigenvalue weighted by Crippen LogP contribution is 2.51. The number of primary amides is 1. The number of aliphatic hydroxyl groups is 1. The number of hydrogen-bond donors (Lipinski definition) is 4. The number of carboxylic acid groups (broad SMARTS) is 1. The topological polar surface area (TPSA) is 142 Å². The SMILES string of the molecule is C[C@@H](O)[C@H]1C(=O)N2C(C(=O)O)=C(S[C@@H]3CN[C@H](CCn4cc[n+](C)c4C(N)=O)C3)[C@H](C)[C@H]12. The van der Waals surface area contributed by atoms with Crippen molar-refractivity contribution in [1.29, 1.82) is 0 Å². The maximum atomic E-state index is 12.5. The molecule has 2 amide bonds. The number of amides is 2. The molecule has 11 heteroatoms. The first kappa shape index (κ1) is 22.8. The van der Waals surface area contributed by atoms with E-state index in [2.05, 4.69) is 5.32 Å². The van der Waals surface area contributed by atoms with Crippen molar-refractivity contribution < 1.29 is 29.2 Å². The van der Waals surface area contributed by atoms with Gasteiger partial charge in [0.2, 0.25) is 5.91 Å². The third-order valence-corrected chi connectivity index (χ3v) is 8.31. The average Bonchev–Trinajstić information content (AvgIpc) is 3.36. The van der Waals surface area contributed by atoms with Gasteiger partial charge in [0.15, 0.2) is 0 Å². The predicted octanol–water partition coefficient (Wildman–Crippen LogP) is -0.581. The number of nitrogens with one attached hydrogen (secondary N) is 1. The molecule has 0 aromatic carbocycles. The number of aryl methyl sites for hydroxylation is 2. The van der Waals surface area contributed by atoms with E-state index >= 15 is 0 Å². The van der Waals surface area contributed by atoms with Crippen LogP contribution in [0.25, 0.3) is 0 Å². The molecule has 0 unspecified atom stereocenters. The van der Waals surface area contributed by atoms with Crippen molar-refractivity contribution in [3.8, 4) is 0 Å². The Morgan fingerprint density at radius 1 is 1.44 bits per heavy atom. The Balaban J connectivity index is 1.41. The number of nitrogens with zero attached hydrogens (tertiary/aromatic N) is 3. The van der Waals surface area contributed by atoms with E-state index in [1.165, 1.54) is 16.7 Å². The first-order chi connectivity index (χ1) is 15.1. The molecule has 0 bridgehead atoms. The van der Waals surface area contributed by atoms with Crippen LogP contribution in [0.5, 0.6) is 0 Å². The monoisotopic (exact) mass is 464 g/mol. The van der Waals surface area contributed by atoms with Gasteiger partial charge in [0.25, 0.3) is 0 Å². The lowest BCUT2D eigenvalue weighted by atomic mass is 9.79. The molecule has 0 radical (unpaired) electrons. The summed E-state index contributed by atoms with van der Waals surface area (Å²) in [5, 5.41) is 23.4. The minimum Gasteiger partial charge on any atom is -0.477 e. The molecule has 4 heterocycles. The lowest BCUT2D eigenvalue weighted by Crippen LogP contribution is -2.63. The molecule has 2 fully saturated rings. The number of carbonyl (C=O) groups is 3. The number of hydrogen-bond acceptors (Lipinski definition) is 6. The summed E-state index contributed by atoms with van der Waals surface area (Å²) < 4.78 is 3.55. The number of rotatable bonds is 8. The van der Waals surface area contributed by atoms with Gasteiger partial charge in [0, 0.05) is 35.1 Å². The van der Waals surface area contributed by atoms with Gasteiger partial charge in [-0.3, -0.25) is 9.59 Å². The Bertz CT molecular complexity index is 989. The third-order valence-electron chi connectivity index (χ3n) is 6.80. The number of nitrogens with two attached hydrogens (primary N) is 1. The van der Waals surface area contributed by atoms with Gasteiger partial charge >= 0.3 is 17.7 Å². The Labute approximate surface area is 190 Å². The number of aromatic nitrogens is 2. The van der Waals surface area contributed by atoms with Crippen molar-refractivity contribution in [3.05, 3.63) is 28.8 Å². The van der Waals surface area contributed by atoms with Gasteiger partial charge in [-0.25, -0.2) is 13.9 Å². The minimum atomic E-state index is -1.10. The second-order valence-electron chi connectivity index (χ2n) is 8.93. The molecule has 1 aromatic rings. The summed E-state index contributed by atoms with van der Waals surface area (Å²) in [6.07, 6.45) is 4.50. The fourth-order valence-electron chi connectivity index (χ4n) is 5.27. The second kappa shape index (κ2) is 8.53. The number of aliphatic carboxylic acids is 1. The van der Waals surface area contributed by atoms with Gasteiger partial charge in [-0.2, -0.15) is 0 Å². The fraction of sp³-hybridized carbons (Fsp3) is 0.619. The lowest BCUT2D eigenvalue weighted by Gasteiger charge is -2.46. The Morgan fingerprint density at radius 2 is 2.16 bits per heavy atom. The number of thioether (sulfide) groups is 1. The second-order valence-corrected chi connectivity index (χ2v) is 10.3.